The lowest BCUT2D eigenvalue weighted by Crippen LogP contribution is -2.16. The van der Waals surface area contributed by atoms with Gasteiger partial charge in [0.25, 0.3) is 5.91 Å². The summed E-state index contributed by atoms with van der Waals surface area (Å²) in [5.41, 5.74) is 6.87. The number of carbonyl (C=O) groups is 1. The topological polar surface area (TPSA) is 70.1 Å². The summed E-state index contributed by atoms with van der Waals surface area (Å²) in [5.74, 6) is 0.524. The van der Waals surface area contributed by atoms with Crippen molar-refractivity contribution in [1.82, 2.24) is 9.55 Å². The second-order valence-electron chi connectivity index (χ2n) is 3.83. The summed E-state index contributed by atoms with van der Waals surface area (Å²) in [6.45, 7) is 0.483. The molecule has 0 bridgehead atoms. The number of nitrogens with two attached hydrogens (primary N) is 1. The van der Waals surface area contributed by atoms with Crippen molar-refractivity contribution in [3.05, 3.63) is 48.0 Å². The fraction of sp³-hybridized carbons (Fsp3) is 0.231. The summed E-state index contributed by atoms with van der Waals surface area (Å²) in [6.07, 6.45) is 3.79. The lowest BCUT2D eigenvalue weighted by molar-refractivity contribution is 0.0956. The number of hydrogen-bond acceptors (Lipinski definition) is 4. The van der Waals surface area contributed by atoms with E-state index in [9.17, 15) is 4.79 Å². The molecule has 2 N–H and O–H groups in total. The Bertz CT molecular complexity index is 549. The van der Waals surface area contributed by atoms with Crippen LogP contribution in [0.4, 0.5) is 0 Å². The molecule has 0 fully saturated rings. The van der Waals surface area contributed by atoms with E-state index >= 15 is 0 Å². The molecule has 0 amide bonds. The molecule has 1 aromatic heterocycles. The molecule has 5 heteroatoms. The first-order valence-corrected chi connectivity index (χ1v) is 5.66. The van der Waals surface area contributed by atoms with E-state index in [4.69, 9.17) is 10.5 Å². The number of nitrogens with zero attached hydrogens (tertiary/aromatic N) is 2. The quantitative estimate of drug-likeness (QED) is 0.875. The van der Waals surface area contributed by atoms with E-state index in [1.54, 1.807) is 37.6 Å². The Morgan fingerprint density at radius 3 is 3.06 bits per heavy atom. The van der Waals surface area contributed by atoms with Gasteiger partial charge in [-0.25, -0.2) is 4.98 Å². The lowest BCUT2D eigenvalue weighted by Gasteiger charge is -2.07. The fourth-order valence-electron chi connectivity index (χ4n) is 1.73. The van der Waals surface area contributed by atoms with Crippen LogP contribution >= 0.6 is 0 Å². The van der Waals surface area contributed by atoms with Gasteiger partial charge in [-0.3, -0.25) is 9.36 Å². The van der Waals surface area contributed by atoms with Crippen LogP contribution in [0.3, 0.4) is 0 Å². The van der Waals surface area contributed by atoms with E-state index in [1.165, 1.54) is 10.9 Å². The summed E-state index contributed by atoms with van der Waals surface area (Å²) in [4.78, 5) is 16.3. The van der Waals surface area contributed by atoms with Gasteiger partial charge in [-0.2, -0.15) is 0 Å². The number of carbonyl (C=O) groups excluding carboxylic acids is 1. The first kappa shape index (κ1) is 12.3. The molecule has 0 saturated heterocycles. The monoisotopic (exact) mass is 245 g/mol. The SMILES string of the molecule is COc1cccc(C(=O)n2cncc2CCN)c1. The molecule has 2 rings (SSSR count). The van der Waals surface area contributed by atoms with Gasteiger partial charge < -0.3 is 10.5 Å². The normalized spacial score (nSPS) is 10.3. The smallest absolute Gasteiger partial charge is 0.263 e. The van der Waals surface area contributed by atoms with Crippen LogP contribution in [0.2, 0.25) is 0 Å². The van der Waals surface area contributed by atoms with Crippen molar-refractivity contribution in [2.45, 2.75) is 6.42 Å². The molecule has 18 heavy (non-hydrogen) atoms. The summed E-state index contributed by atoms with van der Waals surface area (Å²) in [7, 11) is 1.57. The molecule has 0 spiro atoms. The number of ether oxygens (including phenoxy) is 1. The number of aromatic nitrogens is 2. The van der Waals surface area contributed by atoms with Gasteiger partial charge in [0.1, 0.15) is 12.1 Å². The molecule has 0 unspecified atom stereocenters. The zero-order valence-corrected chi connectivity index (χ0v) is 10.2. The molecule has 0 saturated carbocycles. The first-order chi connectivity index (χ1) is 8.76. The highest BCUT2D eigenvalue weighted by molar-refractivity contribution is 5.96. The molecule has 1 heterocycles. The van der Waals surface area contributed by atoms with Gasteiger partial charge in [0.05, 0.1) is 7.11 Å². The average molecular weight is 245 g/mol. The van der Waals surface area contributed by atoms with Gasteiger partial charge in [0, 0.05) is 23.9 Å². The van der Waals surface area contributed by atoms with Gasteiger partial charge in [0.15, 0.2) is 0 Å². The molecule has 0 radical (unpaired) electrons. The molecule has 0 aliphatic carbocycles. The second kappa shape index (κ2) is 5.46. The predicted octanol–water partition coefficient (Wildman–Crippen LogP) is 1.08. The second-order valence-corrected chi connectivity index (χ2v) is 3.83. The average Bonchev–Trinajstić information content (AvgIpc) is 2.86. The largest absolute Gasteiger partial charge is 0.497 e. The first-order valence-electron chi connectivity index (χ1n) is 5.66. The van der Waals surface area contributed by atoms with Crippen LogP contribution < -0.4 is 10.5 Å². The Kier molecular flexibility index (Phi) is 3.74. The van der Waals surface area contributed by atoms with Crippen LogP contribution in [0, 0.1) is 0 Å². The maximum atomic E-state index is 12.3. The number of imidazole rings is 1. The van der Waals surface area contributed by atoms with Crippen LogP contribution in [0.25, 0.3) is 0 Å². The fourth-order valence-corrected chi connectivity index (χ4v) is 1.73. The van der Waals surface area contributed by atoms with Crippen molar-refractivity contribution in [2.24, 2.45) is 5.73 Å². The molecule has 5 nitrogen and oxygen atoms in total. The zero-order valence-electron chi connectivity index (χ0n) is 10.2. The van der Waals surface area contributed by atoms with E-state index in [-0.39, 0.29) is 5.91 Å². The molecule has 1 aromatic carbocycles. The molecule has 2 aromatic rings. The Labute approximate surface area is 105 Å². The third-order valence-corrected chi connectivity index (χ3v) is 2.65. The maximum absolute atomic E-state index is 12.3. The molecule has 0 aliphatic rings. The van der Waals surface area contributed by atoms with Crippen molar-refractivity contribution in [3.63, 3.8) is 0 Å². The molecule has 0 atom stereocenters. The standard InChI is InChI=1S/C13H15N3O2/c1-18-12-4-2-3-10(7-12)13(17)16-9-15-8-11(16)5-6-14/h2-4,7-9H,5-6,14H2,1H3. The van der Waals surface area contributed by atoms with Crippen LogP contribution in [-0.2, 0) is 6.42 Å². The number of methoxy groups -OCH3 is 1. The number of rotatable bonds is 4. The maximum Gasteiger partial charge on any atom is 0.263 e. The minimum Gasteiger partial charge on any atom is -0.497 e. The summed E-state index contributed by atoms with van der Waals surface area (Å²) >= 11 is 0. The van der Waals surface area contributed by atoms with Crippen molar-refractivity contribution in [1.29, 1.82) is 0 Å². The van der Waals surface area contributed by atoms with Crippen molar-refractivity contribution < 1.29 is 9.53 Å². The predicted molar refractivity (Wildman–Crippen MR) is 67.7 cm³/mol. The van der Waals surface area contributed by atoms with Crippen LogP contribution in [0.1, 0.15) is 16.1 Å². The van der Waals surface area contributed by atoms with E-state index in [2.05, 4.69) is 4.98 Å². The molecule has 94 valence electrons. The Morgan fingerprint density at radius 2 is 2.33 bits per heavy atom. The highest BCUT2D eigenvalue weighted by Gasteiger charge is 2.12. The Hall–Kier alpha value is -2.14. The van der Waals surface area contributed by atoms with E-state index < -0.39 is 0 Å². The number of hydrogen-bond donors (Lipinski definition) is 1. The van der Waals surface area contributed by atoms with Crippen LogP contribution in [0.15, 0.2) is 36.8 Å². The minimum absolute atomic E-state index is 0.130. The van der Waals surface area contributed by atoms with E-state index in [0.29, 0.717) is 24.3 Å². The van der Waals surface area contributed by atoms with Crippen molar-refractivity contribution in [3.8, 4) is 5.75 Å². The third kappa shape index (κ3) is 2.41. The minimum atomic E-state index is -0.130. The number of benzene rings is 1. The molecule has 0 aliphatic heterocycles. The van der Waals surface area contributed by atoms with Gasteiger partial charge in [-0.15, -0.1) is 0 Å². The highest BCUT2D eigenvalue weighted by Crippen LogP contribution is 2.14. The van der Waals surface area contributed by atoms with Gasteiger partial charge in [-0.1, -0.05) is 6.07 Å². The summed E-state index contributed by atoms with van der Waals surface area (Å²) < 4.78 is 6.62. The van der Waals surface area contributed by atoms with Gasteiger partial charge in [0.2, 0.25) is 0 Å². The van der Waals surface area contributed by atoms with Crippen molar-refractivity contribution >= 4 is 5.91 Å². The highest BCUT2D eigenvalue weighted by atomic mass is 16.5. The Balaban J connectivity index is 2.32. The molecular formula is C13H15N3O2. The van der Waals surface area contributed by atoms with Gasteiger partial charge >= 0.3 is 0 Å². The third-order valence-electron chi connectivity index (χ3n) is 2.65. The van der Waals surface area contributed by atoms with E-state index in [0.717, 1.165) is 5.69 Å². The Morgan fingerprint density at radius 1 is 1.50 bits per heavy atom. The van der Waals surface area contributed by atoms with E-state index in [1.807, 2.05) is 0 Å². The lowest BCUT2D eigenvalue weighted by atomic mass is 10.2. The molecular weight excluding hydrogens is 230 g/mol. The summed E-state index contributed by atoms with van der Waals surface area (Å²) in [6, 6.07) is 7.03. The zero-order chi connectivity index (χ0) is 13.0. The van der Waals surface area contributed by atoms with Gasteiger partial charge in [-0.05, 0) is 24.7 Å². The van der Waals surface area contributed by atoms with Crippen molar-refractivity contribution in [2.75, 3.05) is 13.7 Å². The van der Waals surface area contributed by atoms with Crippen LogP contribution in [-0.4, -0.2) is 29.1 Å². The summed E-state index contributed by atoms with van der Waals surface area (Å²) in [5, 5.41) is 0. The van der Waals surface area contributed by atoms with Crippen LogP contribution in [0.5, 0.6) is 5.75 Å².